The van der Waals surface area contributed by atoms with Gasteiger partial charge in [0.25, 0.3) is 0 Å². The van der Waals surface area contributed by atoms with Crippen molar-refractivity contribution in [1.82, 2.24) is 0 Å². The molecule has 0 saturated heterocycles. The maximum atomic E-state index is 9.83. The predicted molar refractivity (Wildman–Crippen MR) is 90.6 cm³/mol. The normalized spacial score (nSPS) is 12.8. The Bertz CT molecular complexity index is 406. The average Bonchev–Trinajstić information content (AvgIpc) is 2.51. The van der Waals surface area contributed by atoms with Crippen molar-refractivity contribution < 1.29 is 24.6 Å². The minimum atomic E-state index is -0.457. The van der Waals surface area contributed by atoms with E-state index in [2.05, 4.69) is 19.2 Å². The Kier molecular flexibility index (Phi) is 9.87. The molecule has 0 aliphatic rings. The summed E-state index contributed by atoms with van der Waals surface area (Å²) in [6.45, 7) is 11.0. The second-order valence-electron chi connectivity index (χ2n) is 6.30. The van der Waals surface area contributed by atoms with Gasteiger partial charge in [-0.3, -0.25) is 0 Å². The molecule has 0 radical (unpaired) electrons. The molecular weight excluding hydrogens is 294 g/mol. The number of quaternary nitrogens is 1. The lowest BCUT2D eigenvalue weighted by Crippen LogP contribution is -2.90. The number of ether oxygens (including phenoxy) is 3. The van der Waals surface area contributed by atoms with Crippen LogP contribution < -0.4 is 10.1 Å². The summed E-state index contributed by atoms with van der Waals surface area (Å²) in [6, 6.07) is 8.25. The van der Waals surface area contributed by atoms with Crippen molar-refractivity contribution >= 4 is 0 Å². The van der Waals surface area contributed by atoms with Crippen LogP contribution in [0.2, 0.25) is 0 Å². The van der Waals surface area contributed by atoms with Crippen molar-refractivity contribution in [3.63, 3.8) is 0 Å². The van der Waals surface area contributed by atoms with E-state index < -0.39 is 6.10 Å². The Hall–Kier alpha value is -1.14. The molecule has 0 saturated carbocycles. The van der Waals surface area contributed by atoms with Crippen molar-refractivity contribution in [2.45, 2.75) is 52.6 Å². The van der Waals surface area contributed by atoms with Gasteiger partial charge < -0.3 is 24.6 Å². The molecule has 0 fully saturated rings. The quantitative estimate of drug-likeness (QED) is 0.569. The van der Waals surface area contributed by atoms with Gasteiger partial charge in [-0.2, -0.15) is 0 Å². The first-order chi connectivity index (χ1) is 11.0. The van der Waals surface area contributed by atoms with Crippen LogP contribution in [-0.4, -0.2) is 49.7 Å². The van der Waals surface area contributed by atoms with Gasteiger partial charge in [-0.1, -0.05) is 12.1 Å². The summed E-state index contributed by atoms with van der Waals surface area (Å²) in [5.74, 6) is 0.764. The summed E-state index contributed by atoms with van der Waals surface area (Å²) in [4.78, 5) is 0. The van der Waals surface area contributed by atoms with Crippen LogP contribution >= 0.6 is 0 Å². The molecule has 0 amide bonds. The van der Waals surface area contributed by atoms with Gasteiger partial charge in [-0.25, -0.2) is 0 Å². The monoisotopic (exact) mass is 326 g/mol. The first-order valence-electron chi connectivity index (χ1n) is 8.40. The number of nitrogens with two attached hydrogens (primary N) is 1. The second kappa shape index (κ2) is 11.4. The molecule has 132 valence electrons. The number of hydrogen-bond acceptors (Lipinski definition) is 4. The van der Waals surface area contributed by atoms with Gasteiger partial charge in [0.15, 0.2) is 0 Å². The van der Waals surface area contributed by atoms with Gasteiger partial charge >= 0.3 is 0 Å². The number of benzene rings is 1. The molecule has 0 unspecified atom stereocenters. The molecular formula is C18H32NO4+. The molecule has 3 N–H and O–H groups in total. The smallest absolute Gasteiger partial charge is 0.137 e. The molecule has 1 aromatic rings. The molecule has 1 atom stereocenters. The summed E-state index contributed by atoms with van der Waals surface area (Å²) < 4.78 is 16.6. The van der Waals surface area contributed by atoms with E-state index in [1.807, 2.05) is 38.1 Å². The minimum Gasteiger partial charge on any atom is -0.491 e. The first-order valence-corrected chi connectivity index (χ1v) is 8.40. The fourth-order valence-electron chi connectivity index (χ4n) is 1.90. The SMILES string of the molecule is CC(C)[NH2+]C[C@H](O)COc1ccc(COCCOC(C)C)cc1. The van der Waals surface area contributed by atoms with Crippen LogP contribution in [0, 0.1) is 0 Å². The first kappa shape index (κ1) is 19.9. The molecule has 0 aromatic heterocycles. The van der Waals surface area contributed by atoms with Gasteiger partial charge in [0, 0.05) is 0 Å². The van der Waals surface area contributed by atoms with Crippen LogP contribution in [0.1, 0.15) is 33.3 Å². The van der Waals surface area contributed by atoms with E-state index in [4.69, 9.17) is 14.2 Å². The highest BCUT2D eigenvalue weighted by Gasteiger charge is 2.08. The standard InChI is InChI=1S/C18H31NO4/c1-14(2)19-11-17(20)13-23-18-7-5-16(6-8-18)12-21-9-10-22-15(3)4/h5-8,14-15,17,19-20H,9-13H2,1-4H3/p+1/t17-/m0/s1. The molecule has 5 nitrogen and oxygen atoms in total. The molecule has 1 rings (SSSR count). The van der Waals surface area contributed by atoms with Crippen molar-refractivity contribution in [1.29, 1.82) is 0 Å². The molecule has 0 aliphatic carbocycles. The number of aliphatic hydroxyl groups is 1. The number of hydrogen-bond donors (Lipinski definition) is 2. The molecule has 23 heavy (non-hydrogen) atoms. The van der Waals surface area contributed by atoms with E-state index in [1.54, 1.807) is 0 Å². The lowest BCUT2D eigenvalue weighted by molar-refractivity contribution is -0.688. The van der Waals surface area contributed by atoms with Gasteiger partial charge in [-0.15, -0.1) is 0 Å². The van der Waals surface area contributed by atoms with Crippen LogP contribution in [0.3, 0.4) is 0 Å². The summed E-state index contributed by atoms with van der Waals surface area (Å²) in [7, 11) is 0. The Labute approximate surface area is 139 Å². The van der Waals surface area contributed by atoms with Gasteiger partial charge in [0.2, 0.25) is 0 Å². The fourth-order valence-corrected chi connectivity index (χ4v) is 1.90. The Balaban J connectivity index is 2.20. The molecule has 0 aliphatic heterocycles. The van der Waals surface area contributed by atoms with Crippen molar-refractivity contribution in [2.24, 2.45) is 0 Å². The third kappa shape index (κ3) is 10.3. The maximum absolute atomic E-state index is 9.83. The Morgan fingerprint density at radius 3 is 2.35 bits per heavy atom. The van der Waals surface area contributed by atoms with E-state index in [1.165, 1.54) is 0 Å². The summed E-state index contributed by atoms with van der Waals surface area (Å²) >= 11 is 0. The molecule has 5 heteroatoms. The highest BCUT2D eigenvalue weighted by molar-refractivity contribution is 5.26. The molecule has 0 bridgehead atoms. The average molecular weight is 326 g/mol. The summed E-state index contributed by atoms with van der Waals surface area (Å²) in [5.41, 5.74) is 1.09. The van der Waals surface area contributed by atoms with Crippen molar-refractivity contribution in [3.8, 4) is 5.75 Å². The predicted octanol–water partition coefficient (Wildman–Crippen LogP) is 1.34. The second-order valence-corrected chi connectivity index (χ2v) is 6.30. The lowest BCUT2D eigenvalue weighted by Gasteiger charge is -2.13. The highest BCUT2D eigenvalue weighted by atomic mass is 16.5. The zero-order valence-corrected chi connectivity index (χ0v) is 14.8. The lowest BCUT2D eigenvalue weighted by atomic mass is 10.2. The van der Waals surface area contributed by atoms with E-state index in [9.17, 15) is 5.11 Å². The van der Waals surface area contributed by atoms with Crippen LogP contribution in [0.5, 0.6) is 5.75 Å². The third-order valence-electron chi connectivity index (χ3n) is 3.19. The zero-order valence-electron chi connectivity index (χ0n) is 14.8. The summed E-state index contributed by atoms with van der Waals surface area (Å²) in [6.07, 6.45) is -0.218. The maximum Gasteiger partial charge on any atom is 0.137 e. The van der Waals surface area contributed by atoms with E-state index >= 15 is 0 Å². The van der Waals surface area contributed by atoms with Crippen LogP contribution in [0.4, 0.5) is 0 Å². The van der Waals surface area contributed by atoms with Crippen molar-refractivity contribution in [2.75, 3.05) is 26.4 Å². The van der Waals surface area contributed by atoms with Gasteiger partial charge in [-0.05, 0) is 45.4 Å². The van der Waals surface area contributed by atoms with Crippen LogP contribution in [0.15, 0.2) is 24.3 Å². The van der Waals surface area contributed by atoms with Crippen LogP contribution in [0.25, 0.3) is 0 Å². The third-order valence-corrected chi connectivity index (χ3v) is 3.19. The minimum absolute atomic E-state index is 0.239. The van der Waals surface area contributed by atoms with Gasteiger partial charge in [0.1, 0.15) is 25.0 Å². The Morgan fingerprint density at radius 2 is 1.74 bits per heavy atom. The number of aliphatic hydroxyl groups excluding tert-OH is 1. The fraction of sp³-hybridized carbons (Fsp3) is 0.667. The van der Waals surface area contributed by atoms with Crippen LogP contribution in [-0.2, 0) is 16.1 Å². The van der Waals surface area contributed by atoms with E-state index in [0.717, 1.165) is 11.3 Å². The zero-order chi connectivity index (χ0) is 17.1. The topological polar surface area (TPSA) is 64.5 Å². The molecule has 1 aromatic carbocycles. The van der Waals surface area contributed by atoms with E-state index in [0.29, 0.717) is 39.0 Å². The largest absolute Gasteiger partial charge is 0.491 e. The molecule has 0 spiro atoms. The van der Waals surface area contributed by atoms with Crippen molar-refractivity contribution in [3.05, 3.63) is 29.8 Å². The molecule has 0 heterocycles. The number of rotatable bonds is 12. The Morgan fingerprint density at radius 1 is 1.04 bits per heavy atom. The highest BCUT2D eigenvalue weighted by Crippen LogP contribution is 2.13. The van der Waals surface area contributed by atoms with Gasteiger partial charge in [0.05, 0.1) is 32.0 Å². The van der Waals surface area contributed by atoms with E-state index in [-0.39, 0.29) is 6.10 Å². The summed E-state index contributed by atoms with van der Waals surface area (Å²) in [5, 5.41) is 11.9.